The molecular weight excluding hydrogens is 460 g/mol. The lowest BCUT2D eigenvalue weighted by Gasteiger charge is -2.41. The molecule has 1 saturated carbocycles. The molecule has 0 atom stereocenters. The molecule has 1 fully saturated rings. The van der Waals surface area contributed by atoms with Crippen molar-refractivity contribution in [3.8, 4) is 11.1 Å². The molecule has 0 bridgehead atoms. The molecular formula is C25H31N8O3+. The Balaban J connectivity index is 1.46. The number of nitrogen functional groups attached to an aromatic ring is 1. The highest BCUT2D eigenvalue weighted by Crippen LogP contribution is 2.45. The Morgan fingerprint density at radius 2 is 1.92 bits per heavy atom. The first-order valence-electron chi connectivity index (χ1n) is 11.7. The van der Waals surface area contributed by atoms with Crippen LogP contribution in [0.25, 0.3) is 11.1 Å². The summed E-state index contributed by atoms with van der Waals surface area (Å²) in [5.74, 6) is 0.229. The van der Waals surface area contributed by atoms with E-state index in [9.17, 15) is 4.79 Å². The van der Waals surface area contributed by atoms with Crippen LogP contribution in [0.5, 0.6) is 0 Å². The first-order valence-corrected chi connectivity index (χ1v) is 11.7. The van der Waals surface area contributed by atoms with E-state index in [2.05, 4.69) is 20.1 Å². The fourth-order valence-electron chi connectivity index (χ4n) is 4.13. The molecule has 1 aliphatic rings. The second-order valence-corrected chi connectivity index (χ2v) is 8.89. The van der Waals surface area contributed by atoms with Crippen molar-refractivity contribution in [2.24, 2.45) is 4.99 Å². The molecule has 2 heterocycles. The summed E-state index contributed by atoms with van der Waals surface area (Å²) in [5.41, 5.74) is 8.34. The first-order chi connectivity index (χ1) is 17.3. The maximum Gasteiger partial charge on any atom is 0.369 e. The number of anilines is 1. The molecule has 0 saturated heterocycles. The van der Waals surface area contributed by atoms with E-state index < -0.39 is 5.41 Å². The van der Waals surface area contributed by atoms with Crippen molar-refractivity contribution in [2.45, 2.75) is 31.2 Å². The number of ether oxygens (including phenoxy) is 1. The number of nitrogens with one attached hydrogen (secondary N) is 1. The zero-order valence-corrected chi connectivity index (χ0v) is 20.4. The van der Waals surface area contributed by atoms with E-state index in [1.807, 2.05) is 24.3 Å². The van der Waals surface area contributed by atoms with Crippen molar-refractivity contribution in [2.75, 3.05) is 33.0 Å². The number of aromatic nitrogens is 4. The second-order valence-electron chi connectivity index (χ2n) is 8.89. The van der Waals surface area contributed by atoms with Gasteiger partial charge in [-0.2, -0.15) is 5.10 Å². The molecule has 5 N–H and O–H groups in total. The Labute approximate surface area is 209 Å². The van der Waals surface area contributed by atoms with Gasteiger partial charge < -0.3 is 20.5 Å². The Bertz CT molecular complexity index is 1250. The lowest BCUT2D eigenvalue weighted by Crippen LogP contribution is -2.41. The monoisotopic (exact) mass is 491 g/mol. The van der Waals surface area contributed by atoms with Crippen molar-refractivity contribution in [3.05, 3.63) is 60.2 Å². The summed E-state index contributed by atoms with van der Waals surface area (Å²) in [7, 11) is 3.29. The predicted octanol–water partition coefficient (Wildman–Crippen LogP) is 1.60. The number of benzene rings is 1. The molecule has 1 amide bonds. The summed E-state index contributed by atoms with van der Waals surface area (Å²) >= 11 is 0. The minimum Gasteiger partial charge on any atom is -0.578 e. The van der Waals surface area contributed by atoms with Crippen LogP contribution in [0.1, 0.15) is 30.4 Å². The molecule has 36 heavy (non-hydrogen) atoms. The first kappa shape index (κ1) is 25.0. The molecule has 3 aromatic rings. The number of hydrogen-bond donors (Lipinski definition) is 2. The number of methoxy groups -OCH3 is 1. The summed E-state index contributed by atoms with van der Waals surface area (Å²) in [5, 5.41) is 21.4. The van der Waals surface area contributed by atoms with Crippen molar-refractivity contribution in [1.82, 2.24) is 24.6 Å². The SMILES string of the molecule is COCCN(C)C(=O)Cn1cc(C([OH2+])=NC(=N)C2(c3ccc(-c4cnc(N)nc4)cc3)CCC2)cn1. The van der Waals surface area contributed by atoms with E-state index in [0.717, 1.165) is 36.0 Å². The molecule has 0 radical (unpaired) electrons. The van der Waals surface area contributed by atoms with Crippen LogP contribution >= 0.6 is 0 Å². The topological polar surface area (TPSA) is 158 Å². The zero-order chi connectivity index (χ0) is 25.7. The molecule has 0 spiro atoms. The van der Waals surface area contributed by atoms with E-state index in [0.29, 0.717) is 18.7 Å². The Kier molecular flexibility index (Phi) is 7.39. The normalized spacial score (nSPS) is 14.8. The van der Waals surface area contributed by atoms with Crippen molar-refractivity contribution >= 4 is 23.6 Å². The third-order valence-electron chi connectivity index (χ3n) is 6.59. The highest BCUT2D eigenvalue weighted by molar-refractivity contribution is 6.04. The number of carbonyl (C=O) groups excluding carboxylic acids is 1. The number of likely N-dealkylation sites (N-methyl/N-ethyl adjacent to an activating group) is 1. The largest absolute Gasteiger partial charge is 0.578 e. The van der Waals surface area contributed by atoms with Crippen LogP contribution in [0.2, 0.25) is 0 Å². The van der Waals surface area contributed by atoms with Gasteiger partial charge in [0, 0.05) is 44.9 Å². The minimum absolute atomic E-state index is 0.0478. The maximum atomic E-state index is 12.3. The lowest BCUT2D eigenvalue weighted by molar-refractivity contribution is -0.131. The third kappa shape index (κ3) is 5.25. The number of nitrogens with zero attached hydrogens (tertiary/aromatic N) is 6. The number of nitrogens with two attached hydrogens (primary N) is 1. The number of amides is 1. The lowest BCUT2D eigenvalue weighted by atomic mass is 9.63. The summed E-state index contributed by atoms with van der Waals surface area (Å²) in [4.78, 5) is 26.3. The van der Waals surface area contributed by atoms with Gasteiger partial charge >= 0.3 is 5.90 Å². The minimum atomic E-state index is -0.515. The highest BCUT2D eigenvalue weighted by atomic mass is 16.5. The molecule has 1 aliphatic carbocycles. The van der Waals surface area contributed by atoms with E-state index in [1.54, 1.807) is 37.6 Å². The van der Waals surface area contributed by atoms with Gasteiger partial charge in [0.1, 0.15) is 17.9 Å². The molecule has 188 valence electrons. The third-order valence-corrected chi connectivity index (χ3v) is 6.59. The molecule has 0 unspecified atom stereocenters. The number of amidine groups is 1. The van der Waals surface area contributed by atoms with Crippen molar-refractivity contribution in [3.63, 3.8) is 0 Å². The van der Waals surface area contributed by atoms with E-state index in [4.69, 9.17) is 21.0 Å². The summed E-state index contributed by atoms with van der Waals surface area (Å²) in [6.45, 7) is 1.00. The summed E-state index contributed by atoms with van der Waals surface area (Å²) in [6.07, 6.45) is 9.07. The molecule has 0 aliphatic heterocycles. The van der Waals surface area contributed by atoms with Crippen LogP contribution in [0.4, 0.5) is 5.95 Å². The predicted molar refractivity (Wildman–Crippen MR) is 137 cm³/mol. The number of carbonyl (C=O) groups is 1. The van der Waals surface area contributed by atoms with Gasteiger partial charge in [0.15, 0.2) is 0 Å². The van der Waals surface area contributed by atoms with Crippen LogP contribution in [-0.4, -0.2) is 74.7 Å². The quantitative estimate of drug-likeness (QED) is 0.263. The van der Waals surface area contributed by atoms with E-state index in [1.165, 1.54) is 10.9 Å². The van der Waals surface area contributed by atoms with Gasteiger partial charge in [0.05, 0.1) is 18.2 Å². The smallest absolute Gasteiger partial charge is 0.369 e. The van der Waals surface area contributed by atoms with Crippen LogP contribution < -0.4 is 5.73 Å². The van der Waals surface area contributed by atoms with Gasteiger partial charge in [-0.25, -0.2) is 9.97 Å². The maximum absolute atomic E-state index is 12.3. The van der Waals surface area contributed by atoms with Crippen LogP contribution in [0.3, 0.4) is 0 Å². The fourth-order valence-corrected chi connectivity index (χ4v) is 4.13. The van der Waals surface area contributed by atoms with Crippen molar-refractivity contribution < 1.29 is 14.6 Å². The average Bonchev–Trinajstić information content (AvgIpc) is 3.31. The van der Waals surface area contributed by atoms with E-state index in [-0.39, 0.29) is 30.1 Å². The Morgan fingerprint density at radius 1 is 1.22 bits per heavy atom. The zero-order valence-electron chi connectivity index (χ0n) is 20.4. The van der Waals surface area contributed by atoms with E-state index >= 15 is 0 Å². The van der Waals surface area contributed by atoms with Crippen molar-refractivity contribution in [1.29, 1.82) is 5.41 Å². The molecule has 11 heteroatoms. The molecule has 4 rings (SSSR count). The van der Waals surface area contributed by atoms with Gasteiger partial charge in [-0.3, -0.25) is 14.9 Å². The number of rotatable bonds is 9. The van der Waals surface area contributed by atoms with Gasteiger partial charge in [0.2, 0.25) is 11.9 Å². The Morgan fingerprint density at radius 3 is 2.53 bits per heavy atom. The number of hydrogen-bond acceptors (Lipinski definition) is 7. The van der Waals surface area contributed by atoms with Crippen LogP contribution in [-0.2, 0) is 21.5 Å². The Hall–Kier alpha value is -4.12. The molecule has 11 nitrogen and oxygen atoms in total. The van der Waals surface area contributed by atoms with Crippen LogP contribution in [0.15, 0.2) is 54.0 Å². The molecule has 2 aromatic heterocycles. The van der Waals surface area contributed by atoms with Crippen LogP contribution in [0, 0.1) is 5.41 Å². The summed E-state index contributed by atoms with van der Waals surface area (Å²) < 4.78 is 6.48. The number of aliphatic imine (C=N–C) groups is 1. The summed E-state index contributed by atoms with van der Waals surface area (Å²) in [6, 6.07) is 7.96. The standard InChI is InChI=1S/C25H30N8O3/c1-32(10-11-36-2)21(34)16-33-15-19(14-30-33)22(35)31-23(26)25(8-3-9-25)20-6-4-17(5-7-20)18-12-28-24(27)29-13-18/h4-7,12-15H,3,8-11,16H2,1-2H3,(H2,26,31,35)(H2,27,28,29)/p+1. The van der Waals surface area contributed by atoms with Gasteiger partial charge in [0.25, 0.3) is 0 Å². The molecule has 1 aromatic carbocycles. The highest BCUT2D eigenvalue weighted by Gasteiger charge is 2.43. The fraction of sp³-hybridized carbons (Fsp3) is 0.360. The van der Waals surface area contributed by atoms with Gasteiger partial charge in [-0.1, -0.05) is 30.7 Å². The van der Waals surface area contributed by atoms with Gasteiger partial charge in [-0.15, -0.1) is 4.99 Å². The second kappa shape index (κ2) is 10.6. The average molecular weight is 492 g/mol. The van der Waals surface area contributed by atoms with Gasteiger partial charge in [-0.05, 0) is 24.0 Å².